The predicted octanol–water partition coefficient (Wildman–Crippen LogP) is 2.40. The molecule has 0 aliphatic heterocycles. The SMILES string of the molecule is O=C(NCCc1cn(Cc2ccccc2)c(CO)n1)c1ccccc1. The van der Waals surface area contributed by atoms with E-state index in [1.54, 1.807) is 12.1 Å². The summed E-state index contributed by atoms with van der Waals surface area (Å²) in [6.07, 6.45) is 2.56. The van der Waals surface area contributed by atoms with E-state index >= 15 is 0 Å². The maximum Gasteiger partial charge on any atom is 0.251 e. The van der Waals surface area contributed by atoms with E-state index in [-0.39, 0.29) is 12.5 Å². The Bertz CT molecular complexity index is 813. The summed E-state index contributed by atoms with van der Waals surface area (Å²) >= 11 is 0. The number of nitrogens with zero attached hydrogens (tertiary/aromatic N) is 2. The molecule has 0 aliphatic rings. The molecule has 3 rings (SSSR count). The molecular formula is C20H21N3O2. The zero-order valence-electron chi connectivity index (χ0n) is 13.9. The zero-order chi connectivity index (χ0) is 17.5. The van der Waals surface area contributed by atoms with Crippen LogP contribution in [0.5, 0.6) is 0 Å². The first-order chi connectivity index (χ1) is 12.3. The number of benzene rings is 2. The molecule has 0 saturated heterocycles. The Balaban J connectivity index is 1.59. The van der Waals surface area contributed by atoms with Gasteiger partial charge in [-0.2, -0.15) is 0 Å². The van der Waals surface area contributed by atoms with E-state index in [1.807, 2.05) is 59.3 Å². The summed E-state index contributed by atoms with van der Waals surface area (Å²) in [5.74, 6) is 0.542. The van der Waals surface area contributed by atoms with Crippen molar-refractivity contribution in [2.24, 2.45) is 0 Å². The summed E-state index contributed by atoms with van der Waals surface area (Å²) in [5.41, 5.74) is 2.65. The van der Waals surface area contributed by atoms with Crippen LogP contribution in [-0.2, 0) is 19.6 Å². The lowest BCUT2D eigenvalue weighted by molar-refractivity contribution is 0.0954. The molecular weight excluding hydrogens is 314 g/mol. The summed E-state index contributed by atoms with van der Waals surface area (Å²) in [6.45, 7) is 1.06. The van der Waals surface area contributed by atoms with Crippen molar-refractivity contribution in [3.05, 3.63) is 89.5 Å². The maximum atomic E-state index is 12.0. The minimum absolute atomic E-state index is 0.0910. The van der Waals surface area contributed by atoms with E-state index in [0.717, 1.165) is 11.3 Å². The van der Waals surface area contributed by atoms with Gasteiger partial charge in [-0.3, -0.25) is 4.79 Å². The average molecular weight is 335 g/mol. The van der Waals surface area contributed by atoms with Gasteiger partial charge < -0.3 is 15.0 Å². The second-order valence-electron chi connectivity index (χ2n) is 5.79. The highest BCUT2D eigenvalue weighted by atomic mass is 16.3. The van der Waals surface area contributed by atoms with Crippen LogP contribution in [0, 0.1) is 0 Å². The molecule has 128 valence electrons. The Morgan fingerprint density at radius 1 is 1.04 bits per heavy atom. The third kappa shape index (κ3) is 4.55. The van der Waals surface area contributed by atoms with Gasteiger partial charge >= 0.3 is 0 Å². The number of hydrogen-bond donors (Lipinski definition) is 2. The van der Waals surface area contributed by atoms with Gasteiger partial charge in [0.1, 0.15) is 12.4 Å². The first-order valence-corrected chi connectivity index (χ1v) is 8.29. The highest BCUT2D eigenvalue weighted by Crippen LogP contribution is 2.09. The molecule has 25 heavy (non-hydrogen) atoms. The molecule has 0 unspecified atom stereocenters. The molecule has 1 amide bonds. The van der Waals surface area contributed by atoms with Crippen LogP contribution < -0.4 is 5.32 Å². The normalized spacial score (nSPS) is 10.6. The number of hydrogen-bond acceptors (Lipinski definition) is 3. The van der Waals surface area contributed by atoms with E-state index in [0.29, 0.717) is 30.9 Å². The minimum atomic E-state index is -0.108. The van der Waals surface area contributed by atoms with E-state index in [9.17, 15) is 9.90 Å². The lowest BCUT2D eigenvalue weighted by Gasteiger charge is -2.05. The smallest absolute Gasteiger partial charge is 0.251 e. The van der Waals surface area contributed by atoms with Crippen LogP contribution in [0.2, 0.25) is 0 Å². The van der Waals surface area contributed by atoms with Crippen LogP contribution in [0.3, 0.4) is 0 Å². The van der Waals surface area contributed by atoms with E-state index in [2.05, 4.69) is 10.3 Å². The predicted molar refractivity (Wildman–Crippen MR) is 96.2 cm³/mol. The monoisotopic (exact) mass is 335 g/mol. The molecule has 0 saturated carbocycles. The van der Waals surface area contributed by atoms with Gasteiger partial charge in [0.25, 0.3) is 5.91 Å². The largest absolute Gasteiger partial charge is 0.388 e. The number of amides is 1. The molecule has 5 heteroatoms. The van der Waals surface area contributed by atoms with Crippen molar-refractivity contribution < 1.29 is 9.90 Å². The molecule has 5 nitrogen and oxygen atoms in total. The highest BCUT2D eigenvalue weighted by molar-refractivity contribution is 5.94. The van der Waals surface area contributed by atoms with Gasteiger partial charge in [0.05, 0.1) is 5.69 Å². The number of aliphatic hydroxyl groups is 1. The summed E-state index contributed by atoms with van der Waals surface area (Å²) in [4.78, 5) is 16.5. The third-order valence-corrected chi connectivity index (χ3v) is 3.95. The van der Waals surface area contributed by atoms with Crippen LogP contribution in [0.4, 0.5) is 0 Å². The Morgan fingerprint density at radius 2 is 1.72 bits per heavy atom. The van der Waals surface area contributed by atoms with Crippen molar-refractivity contribution in [2.45, 2.75) is 19.6 Å². The number of rotatable bonds is 7. The Labute approximate surface area is 147 Å². The van der Waals surface area contributed by atoms with Gasteiger partial charge in [-0.1, -0.05) is 48.5 Å². The Hall–Kier alpha value is -2.92. The van der Waals surface area contributed by atoms with Crippen molar-refractivity contribution in [1.82, 2.24) is 14.9 Å². The minimum Gasteiger partial charge on any atom is -0.388 e. The van der Waals surface area contributed by atoms with Crippen molar-refractivity contribution in [3.63, 3.8) is 0 Å². The van der Waals surface area contributed by atoms with Crippen LogP contribution in [0.1, 0.15) is 27.4 Å². The third-order valence-electron chi connectivity index (χ3n) is 3.95. The summed E-state index contributed by atoms with van der Waals surface area (Å²) in [7, 11) is 0. The zero-order valence-corrected chi connectivity index (χ0v) is 13.9. The number of carbonyl (C=O) groups is 1. The van der Waals surface area contributed by atoms with Crippen molar-refractivity contribution in [2.75, 3.05) is 6.54 Å². The quantitative estimate of drug-likeness (QED) is 0.697. The molecule has 2 aromatic carbocycles. The van der Waals surface area contributed by atoms with Gasteiger partial charge in [-0.25, -0.2) is 4.98 Å². The number of carbonyl (C=O) groups excluding carboxylic acids is 1. The standard InChI is InChI=1S/C20H21N3O2/c24-15-19-22-18(14-23(19)13-16-7-3-1-4-8-16)11-12-21-20(25)17-9-5-2-6-10-17/h1-10,14,24H,11-13,15H2,(H,21,25). The van der Waals surface area contributed by atoms with Crippen molar-refractivity contribution >= 4 is 5.91 Å². The Kier molecular flexibility index (Phi) is 5.59. The molecule has 0 aliphatic carbocycles. The fourth-order valence-electron chi connectivity index (χ4n) is 2.67. The fourth-order valence-corrected chi connectivity index (χ4v) is 2.67. The number of nitrogens with one attached hydrogen (secondary N) is 1. The molecule has 0 fully saturated rings. The van der Waals surface area contributed by atoms with Gasteiger partial charge in [0, 0.05) is 31.3 Å². The lowest BCUT2D eigenvalue weighted by atomic mass is 10.2. The molecule has 1 heterocycles. The molecule has 3 aromatic rings. The van der Waals surface area contributed by atoms with E-state index < -0.39 is 0 Å². The second kappa shape index (κ2) is 8.26. The van der Waals surface area contributed by atoms with Crippen LogP contribution >= 0.6 is 0 Å². The van der Waals surface area contributed by atoms with Crippen molar-refractivity contribution in [1.29, 1.82) is 0 Å². The van der Waals surface area contributed by atoms with Gasteiger partial charge in [-0.05, 0) is 17.7 Å². The maximum absolute atomic E-state index is 12.0. The second-order valence-corrected chi connectivity index (χ2v) is 5.79. The number of aromatic nitrogens is 2. The summed E-state index contributed by atoms with van der Waals surface area (Å²) < 4.78 is 1.95. The van der Waals surface area contributed by atoms with Crippen LogP contribution in [-0.4, -0.2) is 27.1 Å². The van der Waals surface area contributed by atoms with Crippen LogP contribution in [0.15, 0.2) is 66.9 Å². The first kappa shape index (κ1) is 16.9. The van der Waals surface area contributed by atoms with Gasteiger partial charge in [0.15, 0.2) is 0 Å². The molecule has 0 bridgehead atoms. The van der Waals surface area contributed by atoms with Crippen LogP contribution in [0.25, 0.3) is 0 Å². The lowest BCUT2D eigenvalue weighted by Crippen LogP contribution is -2.25. The first-order valence-electron chi connectivity index (χ1n) is 8.29. The summed E-state index contributed by atoms with van der Waals surface area (Å²) in [6, 6.07) is 19.2. The van der Waals surface area contributed by atoms with Crippen molar-refractivity contribution in [3.8, 4) is 0 Å². The molecule has 0 spiro atoms. The number of aliphatic hydroxyl groups excluding tert-OH is 1. The topological polar surface area (TPSA) is 67.2 Å². The Morgan fingerprint density at radius 3 is 2.40 bits per heavy atom. The fraction of sp³-hybridized carbons (Fsp3) is 0.200. The molecule has 0 atom stereocenters. The summed E-state index contributed by atoms with van der Waals surface area (Å²) in [5, 5.41) is 12.4. The molecule has 1 aromatic heterocycles. The average Bonchev–Trinajstić information content (AvgIpc) is 3.05. The van der Waals surface area contributed by atoms with Gasteiger partial charge in [-0.15, -0.1) is 0 Å². The van der Waals surface area contributed by atoms with E-state index in [1.165, 1.54) is 0 Å². The van der Waals surface area contributed by atoms with Gasteiger partial charge in [0.2, 0.25) is 0 Å². The van der Waals surface area contributed by atoms with E-state index in [4.69, 9.17) is 0 Å². The molecule has 0 radical (unpaired) electrons. The molecule has 2 N–H and O–H groups in total. The highest BCUT2D eigenvalue weighted by Gasteiger charge is 2.09. The number of imidazole rings is 1.